The third-order valence-corrected chi connectivity index (χ3v) is 4.75. The molecule has 0 saturated carbocycles. The summed E-state index contributed by atoms with van der Waals surface area (Å²) >= 11 is 0. The number of hydrogen-bond donors (Lipinski definition) is 2. The maximum absolute atomic E-state index is 13.0. The van der Waals surface area contributed by atoms with Gasteiger partial charge in [-0.05, 0) is 50.1 Å². The normalized spacial score (nSPS) is 15.6. The maximum atomic E-state index is 13.0. The molecule has 2 N–H and O–H groups in total. The van der Waals surface area contributed by atoms with Crippen LogP contribution in [0.15, 0.2) is 48.5 Å². The molecule has 5 heteroatoms. The molecule has 0 radical (unpaired) electrons. The number of methoxy groups -OCH3 is 1. The third kappa shape index (κ3) is 4.67. The average molecular weight is 388 g/mol. The van der Waals surface area contributed by atoms with E-state index in [0.29, 0.717) is 11.1 Å². The number of benzene rings is 2. The Bertz CT molecular complexity index is 1030. The van der Waals surface area contributed by atoms with Crippen LogP contribution in [-0.4, -0.2) is 30.9 Å². The largest absolute Gasteiger partial charge is 0.497 e. The SMILES string of the molecule is C#CCNC(=O)c1cccc(C(=O)/C=C2\NC(C)(C)Cc3ccc(OC)cc32)c1. The van der Waals surface area contributed by atoms with Gasteiger partial charge in [-0.25, -0.2) is 0 Å². The van der Waals surface area contributed by atoms with E-state index in [4.69, 9.17) is 11.2 Å². The average Bonchev–Trinajstić information content (AvgIpc) is 2.71. The molecule has 1 aliphatic heterocycles. The Balaban J connectivity index is 1.95. The van der Waals surface area contributed by atoms with Gasteiger partial charge in [0.25, 0.3) is 5.91 Å². The molecule has 5 nitrogen and oxygen atoms in total. The van der Waals surface area contributed by atoms with Gasteiger partial charge in [-0.3, -0.25) is 9.59 Å². The second-order valence-electron chi connectivity index (χ2n) is 7.60. The number of nitrogens with one attached hydrogen (secondary N) is 2. The molecule has 0 fully saturated rings. The van der Waals surface area contributed by atoms with Gasteiger partial charge in [-0.15, -0.1) is 6.42 Å². The number of rotatable bonds is 5. The van der Waals surface area contributed by atoms with Crippen LogP contribution in [0.2, 0.25) is 0 Å². The summed E-state index contributed by atoms with van der Waals surface area (Å²) < 4.78 is 5.35. The van der Waals surface area contributed by atoms with Crippen LogP contribution < -0.4 is 15.4 Å². The smallest absolute Gasteiger partial charge is 0.252 e. The van der Waals surface area contributed by atoms with E-state index in [1.807, 2.05) is 18.2 Å². The van der Waals surface area contributed by atoms with Crippen molar-refractivity contribution >= 4 is 17.4 Å². The van der Waals surface area contributed by atoms with Gasteiger partial charge in [-0.2, -0.15) is 0 Å². The summed E-state index contributed by atoms with van der Waals surface area (Å²) in [5.41, 5.74) is 3.47. The number of ether oxygens (including phenoxy) is 1. The first-order chi connectivity index (χ1) is 13.8. The topological polar surface area (TPSA) is 67.4 Å². The molecule has 0 saturated heterocycles. The van der Waals surface area contributed by atoms with E-state index in [2.05, 4.69) is 30.4 Å². The highest BCUT2D eigenvalue weighted by molar-refractivity contribution is 6.10. The molecule has 0 aromatic heterocycles. The van der Waals surface area contributed by atoms with Crippen LogP contribution in [0.4, 0.5) is 0 Å². The molecule has 2 aromatic rings. The van der Waals surface area contributed by atoms with Crippen LogP contribution in [-0.2, 0) is 6.42 Å². The molecule has 0 aliphatic carbocycles. The number of carbonyl (C=O) groups is 2. The molecule has 148 valence electrons. The summed E-state index contributed by atoms with van der Waals surface area (Å²) in [5.74, 6) is 2.59. The Hall–Kier alpha value is -3.52. The Morgan fingerprint density at radius 3 is 2.72 bits per heavy atom. The number of amides is 1. The number of terminal acetylenes is 1. The van der Waals surface area contributed by atoms with Crippen LogP contribution >= 0.6 is 0 Å². The van der Waals surface area contributed by atoms with E-state index < -0.39 is 0 Å². The van der Waals surface area contributed by atoms with Crippen molar-refractivity contribution in [3.63, 3.8) is 0 Å². The monoisotopic (exact) mass is 388 g/mol. The summed E-state index contributed by atoms with van der Waals surface area (Å²) in [6.07, 6.45) is 7.59. The van der Waals surface area contributed by atoms with E-state index in [9.17, 15) is 9.59 Å². The molecule has 3 rings (SSSR count). The molecule has 2 aromatic carbocycles. The van der Waals surface area contributed by atoms with E-state index in [0.717, 1.165) is 29.0 Å². The fourth-order valence-corrected chi connectivity index (χ4v) is 3.41. The molecular weight excluding hydrogens is 364 g/mol. The molecule has 29 heavy (non-hydrogen) atoms. The predicted molar refractivity (Wildman–Crippen MR) is 114 cm³/mol. The zero-order valence-corrected chi connectivity index (χ0v) is 16.8. The standard InChI is InChI=1S/C24H24N2O3/c1-5-11-25-23(28)17-8-6-7-16(12-17)22(27)14-21-20-13-19(29-4)10-9-18(20)15-24(2,3)26-21/h1,6-10,12-14,26H,11,15H2,2-4H3,(H,25,28)/b21-14-. The summed E-state index contributed by atoms with van der Waals surface area (Å²) in [6, 6.07) is 12.5. The lowest BCUT2D eigenvalue weighted by Crippen LogP contribution is -2.43. The third-order valence-electron chi connectivity index (χ3n) is 4.75. The Labute approximate surface area is 171 Å². The molecule has 0 unspecified atom stereocenters. The molecule has 1 amide bonds. The zero-order chi connectivity index (χ0) is 21.0. The first-order valence-electron chi connectivity index (χ1n) is 9.36. The lowest BCUT2D eigenvalue weighted by atomic mass is 9.85. The first kappa shape index (κ1) is 20.2. The lowest BCUT2D eigenvalue weighted by Gasteiger charge is -2.35. The van der Waals surface area contributed by atoms with E-state index in [-0.39, 0.29) is 23.8 Å². The highest BCUT2D eigenvalue weighted by Crippen LogP contribution is 2.32. The summed E-state index contributed by atoms with van der Waals surface area (Å²) in [7, 11) is 1.62. The fraction of sp³-hybridized carbons (Fsp3) is 0.250. The van der Waals surface area contributed by atoms with Crippen LogP contribution in [0.25, 0.3) is 5.70 Å². The van der Waals surface area contributed by atoms with Gasteiger partial charge in [0.2, 0.25) is 0 Å². The van der Waals surface area contributed by atoms with Crippen LogP contribution in [0.1, 0.15) is 45.7 Å². The van der Waals surface area contributed by atoms with Crippen LogP contribution in [0.5, 0.6) is 5.75 Å². The van der Waals surface area contributed by atoms with Crippen LogP contribution in [0.3, 0.4) is 0 Å². The highest BCUT2D eigenvalue weighted by atomic mass is 16.5. The van der Waals surface area contributed by atoms with Gasteiger partial charge in [0.1, 0.15) is 5.75 Å². The van der Waals surface area contributed by atoms with Gasteiger partial charge >= 0.3 is 0 Å². The Kier molecular flexibility index (Phi) is 5.74. The van der Waals surface area contributed by atoms with Crippen molar-refractivity contribution in [2.45, 2.75) is 25.8 Å². The summed E-state index contributed by atoms with van der Waals surface area (Å²) in [6.45, 7) is 4.32. The molecule has 0 atom stereocenters. The minimum absolute atomic E-state index is 0.138. The van der Waals surface area contributed by atoms with Gasteiger partial charge in [-0.1, -0.05) is 24.1 Å². The molecule has 0 bridgehead atoms. The van der Waals surface area contributed by atoms with E-state index in [1.165, 1.54) is 0 Å². The fourth-order valence-electron chi connectivity index (χ4n) is 3.41. The van der Waals surface area contributed by atoms with Gasteiger partial charge in [0.05, 0.1) is 13.7 Å². The van der Waals surface area contributed by atoms with Crippen molar-refractivity contribution in [1.29, 1.82) is 0 Å². The summed E-state index contributed by atoms with van der Waals surface area (Å²) in [4.78, 5) is 25.1. The second kappa shape index (κ2) is 8.24. The number of allylic oxidation sites excluding steroid dienone is 1. The van der Waals surface area contributed by atoms with Gasteiger partial charge in [0, 0.05) is 34.0 Å². The van der Waals surface area contributed by atoms with Crippen molar-refractivity contribution in [2.75, 3.05) is 13.7 Å². The zero-order valence-electron chi connectivity index (χ0n) is 16.8. The molecule has 1 heterocycles. The van der Waals surface area contributed by atoms with Crippen molar-refractivity contribution in [3.8, 4) is 18.1 Å². The quantitative estimate of drug-likeness (QED) is 0.469. The van der Waals surface area contributed by atoms with Crippen molar-refractivity contribution in [1.82, 2.24) is 10.6 Å². The van der Waals surface area contributed by atoms with E-state index in [1.54, 1.807) is 37.5 Å². The van der Waals surface area contributed by atoms with Crippen LogP contribution in [0, 0.1) is 12.3 Å². The van der Waals surface area contributed by atoms with Crippen molar-refractivity contribution in [2.24, 2.45) is 0 Å². The molecule has 1 aliphatic rings. The number of fused-ring (bicyclic) bond motifs is 1. The Morgan fingerprint density at radius 1 is 1.24 bits per heavy atom. The molecule has 0 spiro atoms. The van der Waals surface area contributed by atoms with E-state index >= 15 is 0 Å². The second-order valence-corrected chi connectivity index (χ2v) is 7.60. The van der Waals surface area contributed by atoms with Gasteiger partial charge in [0.15, 0.2) is 5.78 Å². The maximum Gasteiger partial charge on any atom is 0.252 e. The summed E-state index contributed by atoms with van der Waals surface area (Å²) in [5, 5.41) is 6.05. The van der Waals surface area contributed by atoms with Crippen molar-refractivity contribution in [3.05, 3.63) is 70.8 Å². The minimum atomic E-state index is -0.308. The number of carbonyl (C=O) groups excluding carboxylic acids is 2. The van der Waals surface area contributed by atoms with Crippen molar-refractivity contribution < 1.29 is 14.3 Å². The van der Waals surface area contributed by atoms with Gasteiger partial charge < -0.3 is 15.4 Å². The highest BCUT2D eigenvalue weighted by Gasteiger charge is 2.28. The minimum Gasteiger partial charge on any atom is -0.497 e. The Morgan fingerprint density at radius 2 is 2.00 bits per heavy atom. The number of hydrogen-bond acceptors (Lipinski definition) is 4. The first-order valence-corrected chi connectivity index (χ1v) is 9.36. The molecular formula is C24H24N2O3. The lowest BCUT2D eigenvalue weighted by molar-refractivity contribution is 0.0958. The predicted octanol–water partition coefficient (Wildman–Crippen LogP) is 3.21. The number of ketones is 1.